The molecule has 24 heavy (non-hydrogen) atoms. The van der Waals surface area contributed by atoms with Gasteiger partial charge in [-0.3, -0.25) is 4.79 Å². The van der Waals surface area contributed by atoms with Gasteiger partial charge in [0.1, 0.15) is 6.10 Å². The van der Waals surface area contributed by atoms with E-state index in [1.807, 2.05) is 49.5 Å². The molecule has 6 heteroatoms. The molecule has 0 fully saturated rings. The van der Waals surface area contributed by atoms with Crippen LogP contribution in [0.1, 0.15) is 12.5 Å². The van der Waals surface area contributed by atoms with E-state index in [1.165, 1.54) is 0 Å². The van der Waals surface area contributed by atoms with Crippen LogP contribution in [-0.2, 0) is 11.3 Å². The lowest BCUT2D eigenvalue weighted by atomic mass is 10.1. The highest BCUT2D eigenvalue weighted by atomic mass is 16.6. The molecule has 1 aliphatic rings. The fraction of sp³-hybridized carbons (Fsp3) is 0.222. The summed E-state index contributed by atoms with van der Waals surface area (Å²) in [4.78, 5) is 12.5. The molecular formula is C18H17N3O3. The van der Waals surface area contributed by atoms with E-state index in [2.05, 4.69) is 10.4 Å². The average Bonchev–Trinajstić information content (AvgIpc) is 3.02. The molecular weight excluding hydrogens is 306 g/mol. The van der Waals surface area contributed by atoms with Crippen LogP contribution in [0.3, 0.4) is 0 Å². The number of hydrogen-bond donors (Lipinski definition) is 1. The van der Waals surface area contributed by atoms with Crippen molar-refractivity contribution in [3.05, 3.63) is 60.4 Å². The predicted molar refractivity (Wildman–Crippen MR) is 88.0 cm³/mol. The highest BCUT2D eigenvalue weighted by Crippen LogP contribution is 2.33. The number of benzene rings is 1. The summed E-state index contributed by atoms with van der Waals surface area (Å²) in [6.07, 6.45) is 2.59. The number of aromatic nitrogens is 2. The maximum absolute atomic E-state index is 12.5. The quantitative estimate of drug-likeness (QED) is 0.802. The Morgan fingerprint density at radius 1 is 1.17 bits per heavy atom. The number of fused-ring (bicyclic) bond motifs is 2. The number of ether oxygens (including phenoxy) is 2. The molecule has 2 aromatic heterocycles. The molecule has 3 heterocycles. The van der Waals surface area contributed by atoms with Gasteiger partial charge < -0.3 is 14.8 Å². The minimum absolute atomic E-state index is 0.202. The van der Waals surface area contributed by atoms with Gasteiger partial charge >= 0.3 is 0 Å². The normalized spacial score (nSPS) is 19.2. The van der Waals surface area contributed by atoms with E-state index >= 15 is 0 Å². The van der Waals surface area contributed by atoms with E-state index in [4.69, 9.17) is 9.47 Å². The Hall–Kier alpha value is -3.02. The maximum atomic E-state index is 12.5. The second kappa shape index (κ2) is 5.88. The first-order chi connectivity index (χ1) is 11.7. The number of carbonyl (C=O) groups is 1. The van der Waals surface area contributed by atoms with Crippen LogP contribution in [0.15, 0.2) is 54.9 Å². The van der Waals surface area contributed by atoms with E-state index in [0.29, 0.717) is 18.0 Å². The summed E-state index contributed by atoms with van der Waals surface area (Å²) in [5.41, 5.74) is 1.92. The van der Waals surface area contributed by atoms with Gasteiger partial charge in [-0.05, 0) is 31.2 Å². The van der Waals surface area contributed by atoms with Gasteiger partial charge in [0.15, 0.2) is 11.5 Å². The molecule has 0 spiro atoms. The van der Waals surface area contributed by atoms with Crippen LogP contribution in [0, 0.1) is 0 Å². The molecule has 122 valence electrons. The third-order valence-corrected chi connectivity index (χ3v) is 4.06. The molecule has 1 amide bonds. The fourth-order valence-corrected chi connectivity index (χ4v) is 2.81. The molecule has 0 aliphatic carbocycles. The molecule has 2 atom stereocenters. The zero-order valence-electron chi connectivity index (χ0n) is 13.2. The molecule has 1 N–H and O–H groups in total. The zero-order chi connectivity index (χ0) is 16.5. The minimum atomic E-state index is -0.679. The number of hydrogen-bond acceptors (Lipinski definition) is 4. The molecule has 4 rings (SSSR count). The van der Waals surface area contributed by atoms with Crippen LogP contribution >= 0.6 is 0 Å². The average molecular weight is 323 g/mol. The molecule has 3 aromatic rings. The second-order valence-electron chi connectivity index (χ2n) is 5.73. The summed E-state index contributed by atoms with van der Waals surface area (Å²) < 4.78 is 13.4. The summed E-state index contributed by atoms with van der Waals surface area (Å²) in [7, 11) is 0. The molecule has 0 radical (unpaired) electrons. The van der Waals surface area contributed by atoms with Gasteiger partial charge in [-0.15, -0.1) is 0 Å². The summed E-state index contributed by atoms with van der Waals surface area (Å²) in [5, 5.41) is 7.17. The van der Waals surface area contributed by atoms with E-state index in [-0.39, 0.29) is 12.0 Å². The number of amides is 1. The van der Waals surface area contributed by atoms with Crippen LogP contribution in [0.4, 0.5) is 0 Å². The van der Waals surface area contributed by atoms with Crippen molar-refractivity contribution in [2.24, 2.45) is 0 Å². The molecule has 6 nitrogen and oxygen atoms in total. The topological polar surface area (TPSA) is 64.9 Å². The maximum Gasteiger partial charge on any atom is 0.265 e. The van der Waals surface area contributed by atoms with E-state index in [1.54, 1.807) is 16.8 Å². The van der Waals surface area contributed by atoms with Gasteiger partial charge in [-0.2, -0.15) is 5.10 Å². The van der Waals surface area contributed by atoms with Crippen molar-refractivity contribution in [1.82, 2.24) is 14.9 Å². The van der Waals surface area contributed by atoms with Crippen LogP contribution in [-0.4, -0.2) is 27.7 Å². The van der Waals surface area contributed by atoms with Gasteiger partial charge in [-0.1, -0.05) is 18.2 Å². The first-order valence-corrected chi connectivity index (χ1v) is 7.83. The number of nitrogens with one attached hydrogen (secondary N) is 1. The Morgan fingerprint density at radius 2 is 1.92 bits per heavy atom. The highest BCUT2D eigenvalue weighted by molar-refractivity contribution is 5.82. The Kier molecular flexibility index (Phi) is 3.57. The Morgan fingerprint density at radius 3 is 2.75 bits per heavy atom. The number of para-hydroxylation sites is 2. The van der Waals surface area contributed by atoms with Crippen molar-refractivity contribution in [3.63, 3.8) is 0 Å². The monoisotopic (exact) mass is 323 g/mol. The third-order valence-electron chi connectivity index (χ3n) is 4.06. The molecule has 0 unspecified atom stereocenters. The Balaban J connectivity index is 1.47. The van der Waals surface area contributed by atoms with E-state index in [9.17, 15) is 4.79 Å². The lowest BCUT2D eigenvalue weighted by Gasteiger charge is -2.30. The van der Waals surface area contributed by atoms with Gasteiger partial charge in [0.25, 0.3) is 5.91 Å². The van der Waals surface area contributed by atoms with Crippen LogP contribution < -0.4 is 14.8 Å². The third kappa shape index (κ3) is 2.56. The van der Waals surface area contributed by atoms with Crippen LogP contribution in [0.2, 0.25) is 0 Å². The zero-order valence-corrected chi connectivity index (χ0v) is 13.2. The summed E-state index contributed by atoms with van der Waals surface area (Å²) in [5.74, 6) is 1.05. The Labute approximate surface area is 139 Å². The highest BCUT2D eigenvalue weighted by Gasteiger charge is 2.33. The van der Waals surface area contributed by atoms with E-state index in [0.717, 1.165) is 11.1 Å². The molecule has 0 saturated carbocycles. The molecule has 1 aliphatic heterocycles. The van der Waals surface area contributed by atoms with Gasteiger partial charge in [0.05, 0.1) is 11.7 Å². The molecule has 1 aromatic carbocycles. The van der Waals surface area contributed by atoms with E-state index < -0.39 is 6.10 Å². The van der Waals surface area contributed by atoms with Crippen molar-refractivity contribution in [2.75, 3.05) is 0 Å². The van der Waals surface area contributed by atoms with Gasteiger partial charge in [0.2, 0.25) is 6.10 Å². The molecule has 0 bridgehead atoms. The van der Waals surface area contributed by atoms with Crippen molar-refractivity contribution >= 4 is 11.4 Å². The lowest BCUT2D eigenvalue weighted by Crippen LogP contribution is -2.48. The van der Waals surface area contributed by atoms with Crippen molar-refractivity contribution < 1.29 is 14.3 Å². The first kappa shape index (κ1) is 14.6. The lowest BCUT2D eigenvalue weighted by molar-refractivity contribution is -0.133. The van der Waals surface area contributed by atoms with Crippen LogP contribution in [0.5, 0.6) is 11.5 Å². The summed E-state index contributed by atoms with van der Waals surface area (Å²) in [6.45, 7) is 2.22. The summed E-state index contributed by atoms with van der Waals surface area (Å²) >= 11 is 0. The van der Waals surface area contributed by atoms with Gasteiger partial charge in [-0.25, -0.2) is 4.52 Å². The van der Waals surface area contributed by atoms with Gasteiger partial charge in [0, 0.05) is 18.3 Å². The predicted octanol–water partition coefficient (Wildman–Crippen LogP) is 2.18. The number of nitrogens with zero attached hydrogens (tertiary/aromatic N) is 2. The molecule has 0 saturated heterocycles. The number of rotatable bonds is 3. The number of pyridine rings is 1. The minimum Gasteiger partial charge on any atom is -0.482 e. The second-order valence-corrected chi connectivity index (χ2v) is 5.73. The fourth-order valence-electron chi connectivity index (χ4n) is 2.81. The largest absolute Gasteiger partial charge is 0.482 e. The van der Waals surface area contributed by atoms with Crippen molar-refractivity contribution in [2.45, 2.75) is 25.7 Å². The summed E-state index contributed by atoms with van der Waals surface area (Å²) in [6, 6.07) is 13.2. The smallest absolute Gasteiger partial charge is 0.265 e. The standard InChI is InChI=1S/C18H17N3O3/c1-12-17(24-16-8-3-2-7-15(16)23-12)18(22)19-10-13-11-20-21-9-5-4-6-14(13)21/h2-9,11-12,17H,10H2,1H3,(H,19,22)/t12-,17+/m0/s1. The van der Waals surface area contributed by atoms with Crippen LogP contribution in [0.25, 0.3) is 5.52 Å². The SMILES string of the molecule is C[C@@H]1Oc2ccccc2O[C@H]1C(=O)NCc1cnn2ccccc12. The van der Waals surface area contributed by atoms with Crippen molar-refractivity contribution in [3.8, 4) is 11.5 Å². The number of carbonyl (C=O) groups excluding carboxylic acids is 1. The first-order valence-electron chi connectivity index (χ1n) is 7.83. The Bertz CT molecular complexity index is 890. The van der Waals surface area contributed by atoms with Crippen molar-refractivity contribution in [1.29, 1.82) is 0 Å².